The molecule has 1 N–H and O–H groups in total. The van der Waals surface area contributed by atoms with Crippen LogP contribution in [0.3, 0.4) is 0 Å². The van der Waals surface area contributed by atoms with E-state index in [9.17, 15) is 4.79 Å². The Hall–Kier alpha value is -1.46. The van der Waals surface area contributed by atoms with Gasteiger partial charge in [-0.3, -0.25) is 4.79 Å². The minimum atomic E-state index is -0.121. The number of nitrogens with zero attached hydrogens (tertiary/aromatic N) is 1. The highest BCUT2D eigenvalue weighted by Gasteiger charge is 2.12. The highest BCUT2D eigenvalue weighted by atomic mass is 32.2. The van der Waals surface area contributed by atoms with Gasteiger partial charge in [-0.15, -0.1) is 11.8 Å². The van der Waals surface area contributed by atoms with Crippen molar-refractivity contribution in [3.63, 3.8) is 0 Å². The molecule has 3 nitrogen and oxygen atoms in total. The van der Waals surface area contributed by atoms with Crippen molar-refractivity contribution in [3.8, 4) is 0 Å². The van der Waals surface area contributed by atoms with Crippen LogP contribution in [0.4, 0.5) is 0 Å². The molecule has 22 heavy (non-hydrogen) atoms. The first-order valence-corrected chi connectivity index (χ1v) is 9.55. The van der Waals surface area contributed by atoms with E-state index in [2.05, 4.69) is 47.7 Å². The van der Waals surface area contributed by atoms with E-state index < -0.39 is 0 Å². The number of rotatable bonds is 7. The van der Waals surface area contributed by atoms with Crippen LogP contribution < -0.4 is 5.32 Å². The normalized spacial score (nSPS) is 10.5. The van der Waals surface area contributed by atoms with Crippen molar-refractivity contribution in [3.05, 3.63) is 59.4 Å². The highest BCUT2D eigenvalue weighted by molar-refractivity contribution is 7.99. The second-order valence-corrected chi connectivity index (χ2v) is 6.89. The molecule has 0 spiro atoms. The van der Waals surface area contributed by atoms with E-state index in [4.69, 9.17) is 0 Å². The lowest BCUT2D eigenvalue weighted by Crippen LogP contribution is -2.24. The van der Waals surface area contributed by atoms with Crippen LogP contribution in [0.15, 0.2) is 47.5 Å². The Kier molecular flexibility index (Phi) is 6.80. The molecule has 0 saturated heterocycles. The van der Waals surface area contributed by atoms with Crippen LogP contribution in [0, 0.1) is 0 Å². The van der Waals surface area contributed by atoms with E-state index in [0.717, 1.165) is 22.0 Å². The molecule has 0 aliphatic carbocycles. The molecule has 0 bridgehead atoms. The summed E-state index contributed by atoms with van der Waals surface area (Å²) in [5.74, 6) is 1.81. The van der Waals surface area contributed by atoms with Crippen LogP contribution in [-0.2, 0) is 12.3 Å². The number of thioether (sulfide) groups is 2. The van der Waals surface area contributed by atoms with Crippen molar-refractivity contribution < 1.29 is 4.79 Å². The van der Waals surface area contributed by atoms with Crippen LogP contribution in [0.25, 0.3) is 0 Å². The molecule has 0 aliphatic heterocycles. The number of carbonyl (C=O) groups excluding carboxylic acids is 1. The van der Waals surface area contributed by atoms with Gasteiger partial charge in [0.15, 0.2) is 0 Å². The average molecular weight is 332 g/mol. The minimum Gasteiger partial charge on any atom is -0.347 e. The Bertz CT molecular complexity index is 614. The fourth-order valence-corrected chi connectivity index (χ4v) is 3.31. The molecule has 0 atom stereocenters. The Morgan fingerprint density at radius 3 is 2.59 bits per heavy atom. The van der Waals surface area contributed by atoms with E-state index in [0.29, 0.717) is 12.2 Å². The molecule has 0 saturated carbocycles. The summed E-state index contributed by atoms with van der Waals surface area (Å²) in [7, 11) is 0. The van der Waals surface area contributed by atoms with Gasteiger partial charge in [-0.05, 0) is 35.3 Å². The summed E-state index contributed by atoms with van der Waals surface area (Å²) in [6.07, 6.45) is 3.75. The van der Waals surface area contributed by atoms with E-state index in [-0.39, 0.29) is 5.91 Å². The maximum absolute atomic E-state index is 12.3. The number of hydrogen-bond acceptors (Lipinski definition) is 4. The molecular formula is C17H20N2OS2. The van der Waals surface area contributed by atoms with Crippen molar-refractivity contribution in [1.82, 2.24) is 10.3 Å². The number of pyridine rings is 1. The van der Waals surface area contributed by atoms with Gasteiger partial charge in [0.2, 0.25) is 0 Å². The lowest BCUT2D eigenvalue weighted by atomic mass is 10.1. The van der Waals surface area contributed by atoms with E-state index >= 15 is 0 Å². The van der Waals surface area contributed by atoms with Gasteiger partial charge < -0.3 is 5.32 Å². The molecule has 0 radical (unpaired) electrons. The fourth-order valence-electron chi connectivity index (χ4n) is 2.02. The third kappa shape index (κ3) is 4.78. The lowest BCUT2D eigenvalue weighted by Gasteiger charge is -2.09. The zero-order chi connectivity index (χ0) is 15.8. The molecule has 116 valence electrons. The largest absolute Gasteiger partial charge is 0.347 e. The Morgan fingerprint density at radius 2 is 1.91 bits per heavy atom. The lowest BCUT2D eigenvalue weighted by molar-refractivity contribution is 0.0942. The molecule has 1 heterocycles. The van der Waals surface area contributed by atoms with E-state index in [1.165, 1.54) is 5.56 Å². The number of hydrogen-bond donors (Lipinski definition) is 1. The standard InChI is InChI=1S/C17H20N2OS2/c1-3-22-15-5-4-10-18-16(15)17(20)19-11-13-6-8-14(9-7-13)12-21-2/h4-10H,3,11-12H2,1-2H3,(H,19,20). The number of aromatic nitrogens is 1. The second kappa shape index (κ2) is 8.86. The van der Waals surface area contributed by atoms with Crippen LogP contribution in [0.1, 0.15) is 28.5 Å². The molecule has 0 fully saturated rings. The molecule has 5 heteroatoms. The monoisotopic (exact) mass is 332 g/mol. The molecule has 1 aromatic heterocycles. The predicted octanol–water partition coefficient (Wildman–Crippen LogP) is 3.99. The van der Waals surface area contributed by atoms with Crippen molar-refractivity contribution in [1.29, 1.82) is 0 Å². The van der Waals surface area contributed by atoms with Crippen molar-refractivity contribution in [2.45, 2.75) is 24.1 Å². The first kappa shape index (κ1) is 16.9. The third-order valence-corrected chi connectivity index (χ3v) is 4.62. The Morgan fingerprint density at radius 1 is 1.18 bits per heavy atom. The van der Waals surface area contributed by atoms with Crippen LogP contribution in [0.5, 0.6) is 0 Å². The van der Waals surface area contributed by atoms with E-state index in [1.54, 1.807) is 29.7 Å². The molecule has 2 aromatic rings. The summed E-state index contributed by atoms with van der Waals surface area (Å²) in [6.45, 7) is 2.58. The van der Waals surface area contributed by atoms with Crippen LogP contribution in [-0.4, -0.2) is 22.9 Å². The van der Waals surface area contributed by atoms with Gasteiger partial charge in [0.25, 0.3) is 5.91 Å². The molecule has 0 aliphatic rings. The number of carbonyl (C=O) groups is 1. The quantitative estimate of drug-likeness (QED) is 0.779. The summed E-state index contributed by atoms with van der Waals surface area (Å²) in [4.78, 5) is 17.4. The summed E-state index contributed by atoms with van der Waals surface area (Å²) < 4.78 is 0. The first-order chi connectivity index (χ1) is 10.7. The number of nitrogens with one attached hydrogen (secondary N) is 1. The smallest absolute Gasteiger partial charge is 0.271 e. The van der Waals surface area contributed by atoms with Crippen LogP contribution >= 0.6 is 23.5 Å². The zero-order valence-electron chi connectivity index (χ0n) is 12.8. The maximum Gasteiger partial charge on any atom is 0.271 e. The average Bonchev–Trinajstić information content (AvgIpc) is 2.55. The maximum atomic E-state index is 12.3. The Labute approximate surface area is 140 Å². The number of amides is 1. The van der Waals surface area contributed by atoms with Gasteiger partial charge in [-0.25, -0.2) is 4.98 Å². The summed E-state index contributed by atoms with van der Waals surface area (Å²) >= 11 is 3.44. The van der Waals surface area contributed by atoms with Crippen molar-refractivity contribution in [2.75, 3.05) is 12.0 Å². The van der Waals surface area contributed by atoms with Crippen molar-refractivity contribution in [2.24, 2.45) is 0 Å². The molecule has 2 rings (SSSR count). The summed E-state index contributed by atoms with van der Waals surface area (Å²) in [5, 5.41) is 2.95. The summed E-state index contributed by atoms with van der Waals surface area (Å²) in [5.41, 5.74) is 2.90. The van der Waals surface area contributed by atoms with E-state index in [1.807, 2.05) is 12.1 Å². The SMILES string of the molecule is CCSc1cccnc1C(=O)NCc1ccc(CSC)cc1. The van der Waals surface area contributed by atoms with Gasteiger partial charge >= 0.3 is 0 Å². The Balaban J connectivity index is 1.97. The van der Waals surface area contributed by atoms with Gasteiger partial charge in [-0.2, -0.15) is 11.8 Å². The highest BCUT2D eigenvalue weighted by Crippen LogP contribution is 2.20. The minimum absolute atomic E-state index is 0.121. The number of benzene rings is 1. The summed E-state index contributed by atoms with van der Waals surface area (Å²) in [6, 6.07) is 12.1. The molecule has 1 amide bonds. The first-order valence-electron chi connectivity index (χ1n) is 7.17. The predicted molar refractivity (Wildman–Crippen MR) is 95.5 cm³/mol. The van der Waals surface area contributed by atoms with Gasteiger partial charge in [-0.1, -0.05) is 31.2 Å². The van der Waals surface area contributed by atoms with Crippen molar-refractivity contribution >= 4 is 29.4 Å². The second-order valence-electron chi connectivity index (χ2n) is 4.72. The molecule has 0 unspecified atom stereocenters. The zero-order valence-corrected chi connectivity index (χ0v) is 14.5. The molecular weight excluding hydrogens is 312 g/mol. The molecule has 1 aromatic carbocycles. The van der Waals surface area contributed by atoms with Gasteiger partial charge in [0, 0.05) is 23.4 Å². The fraction of sp³-hybridized carbons (Fsp3) is 0.294. The third-order valence-electron chi connectivity index (χ3n) is 3.07. The van der Waals surface area contributed by atoms with Gasteiger partial charge in [0.1, 0.15) is 5.69 Å². The topological polar surface area (TPSA) is 42.0 Å². The van der Waals surface area contributed by atoms with Gasteiger partial charge in [0.05, 0.1) is 0 Å². The van der Waals surface area contributed by atoms with Crippen LogP contribution in [0.2, 0.25) is 0 Å².